The minimum atomic E-state index is 0.199. The number of ether oxygens (including phenoxy) is 1. The van der Waals surface area contributed by atoms with Gasteiger partial charge in [0.15, 0.2) is 0 Å². The number of hydrogen-bond acceptors (Lipinski definition) is 5. The molecule has 6 heteroatoms. The van der Waals surface area contributed by atoms with Gasteiger partial charge in [-0.2, -0.15) is 0 Å². The maximum absolute atomic E-state index is 5.42. The molecular formula is C20H22N4OS. The molecule has 1 atom stereocenters. The summed E-state index contributed by atoms with van der Waals surface area (Å²) in [5.74, 6) is 2.02. The van der Waals surface area contributed by atoms with E-state index in [-0.39, 0.29) is 5.41 Å². The van der Waals surface area contributed by atoms with Gasteiger partial charge in [0.1, 0.15) is 5.82 Å². The molecule has 26 heavy (non-hydrogen) atoms. The minimum Gasteiger partial charge on any atom is -0.481 e. The molecule has 1 fully saturated rings. The van der Waals surface area contributed by atoms with Crippen LogP contribution in [0.2, 0.25) is 0 Å². The predicted octanol–water partition coefficient (Wildman–Crippen LogP) is 3.56. The molecule has 1 saturated heterocycles. The van der Waals surface area contributed by atoms with Gasteiger partial charge >= 0.3 is 0 Å². The summed E-state index contributed by atoms with van der Waals surface area (Å²) in [6, 6.07) is 8.40. The maximum Gasteiger partial charge on any atom is 0.217 e. The topological polar surface area (TPSA) is 43.2 Å². The van der Waals surface area contributed by atoms with Crippen molar-refractivity contribution in [1.82, 2.24) is 19.4 Å². The number of thiophene rings is 1. The second-order valence-corrected chi connectivity index (χ2v) is 8.21. The molecule has 5 nitrogen and oxygen atoms in total. The first-order valence-electron chi connectivity index (χ1n) is 9.09. The van der Waals surface area contributed by atoms with Gasteiger partial charge in [-0.25, -0.2) is 9.97 Å². The summed E-state index contributed by atoms with van der Waals surface area (Å²) in [5, 5.41) is 2.14. The van der Waals surface area contributed by atoms with Gasteiger partial charge in [-0.1, -0.05) is 12.1 Å². The van der Waals surface area contributed by atoms with Crippen molar-refractivity contribution in [3.8, 4) is 16.5 Å². The van der Waals surface area contributed by atoms with Gasteiger partial charge in [0, 0.05) is 36.8 Å². The van der Waals surface area contributed by atoms with Crippen LogP contribution in [-0.2, 0) is 18.5 Å². The van der Waals surface area contributed by atoms with Crippen molar-refractivity contribution >= 4 is 11.3 Å². The van der Waals surface area contributed by atoms with E-state index in [9.17, 15) is 0 Å². The maximum atomic E-state index is 5.42. The van der Waals surface area contributed by atoms with Crippen LogP contribution < -0.4 is 4.74 Å². The smallest absolute Gasteiger partial charge is 0.217 e. The second-order valence-electron chi connectivity index (χ2n) is 7.26. The molecule has 0 aliphatic carbocycles. The van der Waals surface area contributed by atoms with Crippen molar-refractivity contribution in [3.05, 3.63) is 53.4 Å². The number of aromatic nitrogens is 3. The van der Waals surface area contributed by atoms with Gasteiger partial charge in [-0.3, -0.25) is 4.90 Å². The number of fused-ring (bicyclic) bond motifs is 2. The third kappa shape index (κ3) is 2.47. The summed E-state index contributed by atoms with van der Waals surface area (Å²) in [6.45, 7) is 4.12. The number of nitrogens with zero attached hydrogens (tertiary/aromatic N) is 4. The number of methoxy groups -OCH3 is 1. The van der Waals surface area contributed by atoms with Crippen molar-refractivity contribution in [2.24, 2.45) is 0 Å². The number of hydrogen-bond donors (Lipinski definition) is 0. The van der Waals surface area contributed by atoms with Gasteiger partial charge in [0.05, 0.1) is 23.9 Å². The van der Waals surface area contributed by atoms with Crippen LogP contribution in [0.15, 0.2) is 42.0 Å². The van der Waals surface area contributed by atoms with Crippen LogP contribution in [0.25, 0.3) is 10.6 Å². The third-order valence-corrected chi connectivity index (χ3v) is 6.68. The monoisotopic (exact) mass is 366 g/mol. The predicted molar refractivity (Wildman–Crippen MR) is 103 cm³/mol. The highest BCUT2D eigenvalue weighted by Crippen LogP contribution is 2.44. The summed E-state index contributed by atoms with van der Waals surface area (Å²) in [5.41, 5.74) is 2.64. The fraction of sp³-hybridized carbons (Fsp3) is 0.400. The van der Waals surface area contributed by atoms with E-state index >= 15 is 0 Å². The minimum absolute atomic E-state index is 0.199. The summed E-state index contributed by atoms with van der Waals surface area (Å²) in [7, 11) is 1.69. The van der Waals surface area contributed by atoms with Crippen molar-refractivity contribution in [2.75, 3.05) is 20.2 Å². The van der Waals surface area contributed by atoms with E-state index in [1.54, 1.807) is 24.6 Å². The Morgan fingerprint density at radius 3 is 2.96 bits per heavy atom. The molecule has 5 heterocycles. The van der Waals surface area contributed by atoms with Crippen molar-refractivity contribution < 1.29 is 4.74 Å². The van der Waals surface area contributed by atoms with Crippen molar-refractivity contribution in [2.45, 2.75) is 31.3 Å². The van der Waals surface area contributed by atoms with E-state index in [0.29, 0.717) is 0 Å². The van der Waals surface area contributed by atoms with E-state index in [2.05, 4.69) is 44.2 Å². The number of imidazole rings is 1. The second kappa shape index (κ2) is 6.21. The van der Waals surface area contributed by atoms with Gasteiger partial charge in [0.25, 0.3) is 0 Å². The molecule has 2 aliphatic rings. The van der Waals surface area contributed by atoms with Crippen LogP contribution in [0, 0.1) is 0 Å². The third-order valence-electron chi connectivity index (χ3n) is 5.79. The molecule has 5 rings (SSSR count). The molecule has 0 amide bonds. The highest BCUT2D eigenvalue weighted by atomic mass is 32.1. The highest BCUT2D eigenvalue weighted by molar-refractivity contribution is 7.13. The molecule has 0 bridgehead atoms. The summed E-state index contributed by atoms with van der Waals surface area (Å²) in [4.78, 5) is 13.0. The molecule has 0 saturated carbocycles. The van der Waals surface area contributed by atoms with E-state index in [1.807, 2.05) is 6.07 Å². The fourth-order valence-corrected chi connectivity index (χ4v) is 5.28. The molecule has 0 N–H and O–H groups in total. The number of pyridine rings is 1. The molecule has 3 aromatic heterocycles. The first-order chi connectivity index (χ1) is 12.8. The zero-order chi connectivity index (χ0) is 17.6. The molecule has 1 unspecified atom stereocenters. The number of likely N-dealkylation sites (tertiary alicyclic amines) is 1. The Kier molecular flexibility index (Phi) is 3.83. The normalized spacial score (nSPS) is 22.2. The van der Waals surface area contributed by atoms with Crippen LogP contribution >= 0.6 is 11.3 Å². The molecule has 134 valence electrons. The van der Waals surface area contributed by atoms with Gasteiger partial charge in [-0.15, -0.1) is 11.3 Å². The standard InChI is InChI=1S/C20H22N4OS/c1-25-18-15(4-2-8-21-18)13-23-9-6-20(14-23)7-10-24-16(12-22-19(20)24)17-5-3-11-26-17/h2-5,8,11-12H,6-7,9-10,13-14H2,1H3. The lowest BCUT2D eigenvalue weighted by molar-refractivity contribution is 0.291. The molecule has 0 aromatic carbocycles. The largest absolute Gasteiger partial charge is 0.481 e. The Morgan fingerprint density at radius 2 is 2.12 bits per heavy atom. The first-order valence-corrected chi connectivity index (χ1v) is 9.97. The average molecular weight is 366 g/mol. The Morgan fingerprint density at radius 1 is 1.19 bits per heavy atom. The quantitative estimate of drug-likeness (QED) is 0.708. The Balaban J connectivity index is 1.39. The first kappa shape index (κ1) is 16.0. The zero-order valence-electron chi connectivity index (χ0n) is 14.9. The van der Waals surface area contributed by atoms with E-state index < -0.39 is 0 Å². The van der Waals surface area contributed by atoms with Gasteiger partial charge in [-0.05, 0) is 36.9 Å². The highest BCUT2D eigenvalue weighted by Gasteiger charge is 2.46. The summed E-state index contributed by atoms with van der Waals surface area (Å²) in [6.07, 6.45) is 6.22. The Labute approximate surface area is 157 Å². The SMILES string of the molecule is COc1ncccc1CN1CCC2(CCn3c(-c4cccs4)cnc32)C1. The molecule has 0 radical (unpaired) electrons. The lowest BCUT2D eigenvalue weighted by atomic mass is 9.85. The van der Waals surface area contributed by atoms with Crippen LogP contribution in [0.4, 0.5) is 0 Å². The number of rotatable bonds is 4. The van der Waals surface area contributed by atoms with E-state index in [1.165, 1.54) is 29.2 Å². The van der Waals surface area contributed by atoms with Crippen LogP contribution in [-0.4, -0.2) is 39.6 Å². The van der Waals surface area contributed by atoms with Crippen LogP contribution in [0.5, 0.6) is 5.88 Å². The summed E-state index contributed by atoms with van der Waals surface area (Å²) >= 11 is 1.79. The lowest BCUT2D eigenvalue weighted by Gasteiger charge is -2.23. The molecule has 2 aliphatic heterocycles. The van der Waals surface area contributed by atoms with Gasteiger partial charge in [0.2, 0.25) is 5.88 Å². The zero-order valence-corrected chi connectivity index (χ0v) is 15.7. The Bertz CT molecular complexity index is 920. The van der Waals surface area contributed by atoms with Crippen molar-refractivity contribution in [3.63, 3.8) is 0 Å². The lowest BCUT2D eigenvalue weighted by Crippen LogP contribution is -2.29. The molecule has 1 spiro atoms. The van der Waals surface area contributed by atoms with E-state index in [4.69, 9.17) is 9.72 Å². The van der Waals surface area contributed by atoms with Crippen molar-refractivity contribution in [1.29, 1.82) is 0 Å². The van der Waals surface area contributed by atoms with Crippen LogP contribution in [0.3, 0.4) is 0 Å². The fourth-order valence-electron chi connectivity index (χ4n) is 4.53. The molecular weight excluding hydrogens is 344 g/mol. The van der Waals surface area contributed by atoms with E-state index in [0.717, 1.165) is 37.6 Å². The average Bonchev–Trinajstić information content (AvgIpc) is 3.43. The van der Waals surface area contributed by atoms with Crippen LogP contribution in [0.1, 0.15) is 24.2 Å². The van der Waals surface area contributed by atoms with Gasteiger partial charge < -0.3 is 9.30 Å². The molecule has 3 aromatic rings. The summed E-state index contributed by atoms with van der Waals surface area (Å²) < 4.78 is 7.86. The Hall–Kier alpha value is -2.18.